The monoisotopic (exact) mass is 210 g/mol. The minimum Gasteiger partial charge on any atom is -0.368 e. The molecule has 1 aromatic heterocycles. The number of hydrogen-bond acceptors (Lipinski definition) is 5. The second kappa shape index (κ2) is 4.14. The van der Waals surface area contributed by atoms with Crippen molar-refractivity contribution in [1.29, 1.82) is 0 Å². The fourth-order valence-electron chi connectivity index (χ4n) is 1.70. The quantitative estimate of drug-likeness (QED) is 0.521. The van der Waals surface area contributed by atoms with E-state index >= 15 is 0 Å². The summed E-state index contributed by atoms with van der Waals surface area (Å²) in [6.07, 6.45) is 3.99. The molecule has 2 heterocycles. The number of nitrogens with zero attached hydrogens (tertiary/aromatic N) is 2. The summed E-state index contributed by atoms with van der Waals surface area (Å²) in [5, 5.41) is 4.39. The number of aromatic nitrogens is 2. The van der Waals surface area contributed by atoms with E-state index < -0.39 is 0 Å². The van der Waals surface area contributed by atoms with Crippen molar-refractivity contribution in [2.45, 2.75) is 17.9 Å². The van der Waals surface area contributed by atoms with Crippen molar-refractivity contribution in [3.8, 4) is 0 Å². The van der Waals surface area contributed by atoms with Gasteiger partial charge in [0.25, 0.3) is 0 Å². The van der Waals surface area contributed by atoms with Crippen LogP contribution in [-0.2, 0) is 12.8 Å². The van der Waals surface area contributed by atoms with Gasteiger partial charge in [-0.2, -0.15) is 0 Å². The lowest BCUT2D eigenvalue weighted by atomic mass is 10.1. The van der Waals surface area contributed by atoms with E-state index in [9.17, 15) is 0 Å². The highest BCUT2D eigenvalue weighted by atomic mass is 32.2. The molecule has 1 aliphatic rings. The summed E-state index contributed by atoms with van der Waals surface area (Å²) in [6, 6.07) is 0. The lowest BCUT2D eigenvalue weighted by molar-refractivity contribution is 0.707. The van der Waals surface area contributed by atoms with Crippen LogP contribution in [0, 0.1) is 0 Å². The van der Waals surface area contributed by atoms with E-state index in [2.05, 4.69) is 15.3 Å². The van der Waals surface area contributed by atoms with Crippen molar-refractivity contribution in [2.75, 3.05) is 25.1 Å². The van der Waals surface area contributed by atoms with E-state index in [4.69, 9.17) is 5.73 Å². The van der Waals surface area contributed by atoms with Gasteiger partial charge in [0.15, 0.2) is 0 Å². The Labute approximate surface area is 87.7 Å². The molecular formula is C9H14N4S. The maximum atomic E-state index is 5.65. The van der Waals surface area contributed by atoms with Crippen molar-refractivity contribution in [1.82, 2.24) is 15.3 Å². The first-order chi connectivity index (χ1) is 6.81. The third kappa shape index (κ3) is 1.83. The Kier molecular flexibility index (Phi) is 2.88. The van der Waals surface area contributed by atoms with Gasteiger partial charge in [-0.15, -0.1) is 11.8 Å². The third-order valence-corrected chi connectivity index (χ3v) is 3.08. The van der Waals surface area contributed by atoms with Gasteiger partial charge < -0.3 is 11.1 Å². The zero-order valence-electron chi connectivity index (χ0n) is 8.21. The van der Waals surface area contributed by atoms with Crippen LogP contribution in [0.5, 0.6) is 0 Å². The predicted octanol–water partition coefficient (Wildman–Crippen LogP) is 0.469. The molecular weight excluding hydrogens is 196 g/mol. The number of thioether (sulfide) groups is 1. The Hall–Kier alpha value is -0.810. The third-order valence-electron chi connectivity index (χ3n) is 2.36. The standard InChI is InChI=1S/C9H14N4S/c1-14-8-6-2-4-11-5-3-7(6)12-9(10)13-8/h11H,2-5H2,1H3,(H2,10,12,13). The van der Waals surface area contributed by atoms with E-state index in [1.54, 1.807) is 11.8 Å². The van der Waals surface area contributed by atoms with Crippen molar-refractivity contribution in [3.05, 3.63) is 11.3 Å². The number of nitrogens with one attached hydrogen (secondary N) is 1. The first-order valence-electron chi connectivity index (χ1n) is 4.71. The fraction of sp³-hybridized carbons (Fsp3) is 0.556. The average Bonchev–Trinajstić information content (AvgIpc) is 2.41. The minimum absolute atomic E-state index is 0.398. The SMILES string of the molecule is CSc1nc(N)nc2c1CCNCC2. The largest absolute Gasteiger partial charge is 0.368 e. The van der Waals surface area contributed by atoms with Crippen molar-refractivity contribution < 1.29 is 0 Å². The topological polar surface area (TPSA) is 63.8 Å². The molecule has 5 heteroatoms. The van der Waals surface area contributed by atoms with E-state index in [-0.39, 0.29) is 0 Å². The first-order valence-corrected chi connectivity index (χ1v) is 5.93. The number of fused-ring (bicyclic) bond motifs is 1. The van der Waals surface area contributed by atoms with Gasteiger partial charge in [0, 0.05) is 18.5 Å². The molecule has 4 nitrogen and oxygen atoms in total. The van der Waals surface area contributed by atoms with E-state index in [1.807, 2.05) is 6.26 Å². The molecule has 0 aliphatic carbocycles. The lowest BCUT2D eigenvalue weighted by Gasteiger charge is -2.08. The zero-order valence-corrected chi connectivity index (χ0v) is 9.02. The fourth-order valence-corrected chi connectivity index (χ4v) is 2.35. The summed E-state index contributed by atoms with van der Waals surface area (Å²) >= 11 is 1.65. The van der Waals surface area contributed by atoms with Crippen LogP contribution in [0.15, 0.2) is 5.03 Å². The van der Waals surface area contributed by atoms with Gasteiger partial charge in [0.05, 0.1) is 5.69 Å². The van der Waals surface area contributed by atoms with Crippen LogP contribution in [0.25, 0.3) is 0 Å². The molecule has 0 fully saturated rings. The van der Waals surface area contributed by atoms with Crippen molar-refractivity contribution >= 4 is 17.7 Å². The van der Waals surface area contributed by atoms with Crippen LogP contribution in [0.4, 0.5) is 5.95 Å². The van der Waals surface area contributed by atoms with Crippen LogP contribution >= 0.6 is 11.8 Å². The van der Waals surface area contributed by atoms with Gasteiger partial charge >= 0.3 is 0 Å². The smallest absolute Gasteiger partial charge is 0.221 e. The summed E-state index contributed by atoms with van der Waals surface area (Å²) in [5.74, 6) is 0.398. The molecule has 0 bridgehead atoms. The van der Waals surface area contributed by atoms with E-state index in [0.29, 0.717) is 5.95 Å². The normalized spacial score (nSPS) is 16.1. The Bertz CT molecular complexity index is 340. The Morgan fingerprint density at radius 2 is 2.07 bits per heavy atom. The predicted molar refractivity (Wildman–Crippen MR) is 58.5 cm³/mol. The van der Waals surface area contributed by atoms with Crippen LogP contribution in [0.2, 0.25) is 0 Å². The van der Waals surface area contributed by atoms with Gasteiger partial charge in [-0.3, -0.25) is 0 Å². The maximum Gasteiger partial charge on any atom is 0.221 e. The summed E-state index contributed by atoms with van der Waals surface area (Å²) < 4.78 is 0. The average molecular weight is 210 g/mol. The highest BCUT2D eigenvalue weighted by molar-refractivity contribution is 7.98. The minimum atomic E-state index is 0.398. The summed E-state index contributed by atoms with van der Waals surface area (Å²) in [7, 11) is 0. The highest BCUT2D eigenvalue weighted by Crippen LogP contribution is 2.23. The van der Waals surface area contributed by atoms with Crippen LogP contribution in [0.1, 0.15) is 11.3 Å². The number of anilines is 1. The second-order valence-electron chi connectivity index (χ2n) is 3.27. The Balaban J connectivity index is 2.46. The molecule has 0 amide bonds. The number of nitrogen functional groups attached to an aromatic ring is 1. The second-order valence-corrected chi connectivity index (χ2v) is 4.06. The van der Waals surface area contributed by atoms with Crippen LogP contribution in [-0.4, -0.2) is 29.3 Å². The summed E-state index contributed by atoms with van der Waals surface area (Å²) in [4.78, 5) is 8.54. The zero-order chi connectivity index (χ0) is 9.97. The molecule has 0 saturated carbocycles. The number of rotatable bonds is 1. The summed E-state index contributed by atoms with van der Waals surface area (Å²) in [6.45, 7) is 1.99. The van der Waals surface area contributed by atoms with Gasteiger partial charge in [-0.25, -0.2) is 9.97 Å². The lowest BCUT2D eigenvalue weighted by Crippen LogP contribution is -2.16. The summed E-state index contributed by atoms with van der Waals surface area (Å²) in [5.41, 5.74) is 8.05. The molecule has 0 radical (unpaired) electrons. The molecule has 0 aromatic carbocycles. The van der Waals surface area contributed by atoms with Crippen LogP contribution in [0.3, 0.4) is 0 Å². The molecule has 14 heavy (non-hydrogen) atoms. The molecule has 2 rings (SSSR count). The molecule has 1 aliphatic heterocycles. The van der Waals surface area contributed by atoms with Gasteiger partial charge in [-0.1, -0.05) is 0 Å². The molecule has 0 spiro atoms. The molecule has 1 aromatic rings. The van der Waals surface area contributed by atoms with E-state index in [1.165, 1.54) is 5.56 Å². The maximum absolute atomic E-state index is 5.65. The van der Waals surface area contributed by atoms with Crippen LogP contribution < -0.4 is 11.1 Å². The Morgan fingerprint density at radius 3 is 2.86 bits per heavy atom. The molecule has 3 N–H and O–H groups in total. The Morgan fingerprint density at radius 1 is 1.29 bits per heavy atom. The van der Waals surface area contributed by atoms with E-state index in [0.717, 1.165) is 36.7 Å². The van der Waals surface area contributed by atoms with Gasteiger partial charge in [-0.05, 0) is 19.2 Å². The number of hydrogen-bond donors (Lipinski definition) is 2. The van der Waals surface area contributed by atoms with Gasteiger partial charge in [0.1, 0.15) is 5.03 Å². The highest BCUT2D eigenvalue weighted by Gasteiger charge is 2.14. The van der Waals surface area contributed by atoms with Crippen molar-refractivity contribution in [2.24, 2.45) is 0 Å². The van der Waals surface area contributed by atoms with Crippen molar-refractivity contribution in [3.63, 3.8) is 0 Å². The van der Waals surface area contributed by atoms with Gasteiger partial charge in [0.2, 0.25) is 5.95 Å². The number of nitrogens with two attached hydrogens (primary N) is 1. The molecule has 0 unspecified atom stereocenters. The molecule has 0 atom stereocenters. The molecule has 0 saturated heterocycles. The first kappa shape index (κ1) is 9.73. The molecule has 76 valence electrons.